The molecule has 0 saturated heterocycles. The highest BCUT2D eigenvalue weighted by molar-refractivity contribution is 7.18. The van der Waals surface area contributed by atoms with Crippen molar-refractivity contribution in [2.75, 3.05) is 11.9 Å². The Kier molecular flexibility index (Phi) is 5.50. The Morgan fingerprint density at radius 2 is 2.09 bits per heavy atom. The normalized spacial score (nSPS) is 11.5. The minimum Gasteiger partial charge on any atom is -0.329 e. The highest BCUT2D eigenvalue weighted by Gasteiger charge is 2.33. The van der Waals surface area contributed by atoms with E-state index in [0.717, 1.165) is 5.56 Å². The Morgan fingerprint density at radius 1 is 1.36 bits per heavy atom. The quantitative estimate of drug-likeness (QED) is 0.843. The van der Waals surface area contributed by atoms with Crippen LogP contribution in [0, 0.1) is 5.41 Å². The molecule has 1 heterocycles. The van der Waals surface area contributed by atoms with Gasteiger partial charge in [-0.3, -0.25) is 10.1 Å². The minimum absolute atomic E-state index is 0.103. The van der Waals surface area contributed by atoms with Crippen LogP contribution in [0.5, 0.6) is 0 Å². The first-order valence-electron chi connectivity index (χ1n) is 7.15. The van der Waals surface area contributed by atoms with Crippen molar-refractivity contribution >= 4 is 34.0 Å². The number of rotatable bonds is 6. The lowest BCUT2D eigenvalue weighted by Crippen LogP contribution is -2.41. The lowest BCUT2D eigenvalue weighted by Gasteiger charge is -2.27. The van der Waals surface area contributed by atoms with E-state index in [4.69, 9.17) is 17.3 Å². The van der Waals surface area contributed by atoms with E-state index in [0.29, 0.717) is 34.5 Å². The number of amides is 1. The molecule has 1 aromatic heterocycles. The molecule has 5 nitrogen and oxygen atoms in total. The first-order chi connectivity index (χ1) is 10.5. The zero-order valence-electron chi connectivity index (χ0n) is 12.6. The van der Waals surface area contributed by atoms with Crippen LogP contribution in [0.2, 0.25) is 5.02 Å². The molecule has 3 N–H and O–H groups in total. The van der Waals surface area contributed by atoms with Gasteiger partial charge in [-0.2, -0.15) is 0 Å². The summed E-state index contributed by atoms with van der Waals surface area (Å²) in [6.07, 6.45) is 1.37. The Balaban J connectivity index is 2.17. The van der Waals surface area contributed by atoms with Crippen LogP contribution >= 0.6 is 22.9 Å². The molecule has 0 aliphatic carbocycles. The Bertz CT molecular complexity index is 646. The highest BCUT2D eigenvalue weighted by Crippen LogP contribution is 2.31. The SMILES string of the molecule is CCC(CC)(CN)C(=O)Nc1nnc(-c2cccc(Cl)c2)s1. The van der Waals surface area contributed by atoms with Crippen molar-refractivity contribution in [3.8, 4) is 10.6 Å². The van der Waals surface area contributed by atoms with Gasteiger partial charge in [0.15, 0.2) is 0 Å². The largest absolute Gasteiger partial charge is 0.329 e. The van der Waals surface area contributed by atoms with Crippen LogP contribution in [0.3, 0.4) is 0 Å². The second-order valence-electron chi connectivity index (χ2n) is 5.07. The van der Waals surface area contributed by atoms with Gasteiger partial charge in [0.25, 0.3) is 0 Å². The molecule has 2 aromatic rings. The highest BCUT2D eigenvalue weighted by atomic mass is 35.5. The zero-order valence-corrected chi connectivity index (χ0v) is 14.2. The number of carbonyl (C=O) groups is 1. The second-order valence-corrected chi connectivity index (χ2v) is 6.48. The average Bonchev–Trinajstić information content (AvgIpc) is 2.98. The molecule has 0 spiro atoms. The number of halogens is 1. The maximum atomic E-state index is 12.5. The van der Waals surface area contributed by atoms with Crippen LogP contribution in [0.1, 0.15) is 26.7 Å². The number of carbonyl (C=O) groups excluding carboxylic acids is 1. The molecule has 0 unspecified atom stereocenters. The molecule has 0 fully saturated rings. The fraction of sp³-hybridized carbons (Fsp3) is 0.400. The monoisotopic (exact) mass is 338 g/mol. The van der Waals surface area contributed by atoms with Crippen molar-refractivity contribution in [2.45, 2.75) is 26.7 Å². The fourth-order valence-corrected chi connectivity index (χ4v) is 3.12. The van der Waals surface area contributed by atoms with E-state index in [1.165, 1.54) is 11.3 Å². The molecule has 2 rings (SSSR count). The molecule has 1 aromatic carbocycles. The number of hydrogen-bond acceptors (Lipinski definition) is 5. The maximum absolute atomic E-state index is 12.5. The van der Waals surface area contributed by atoms with E-state index in [2.05, 4.69) is 15.5 Å². The summed E-state index contributed by atoms with van der Waals surface area (Å²) >= 11 is 7.29. The number of nitrogens with one attached hydrogen (secondary N) is 1. The van der Waals surface area contributed by atoms with E-state index < -0.39 is 5.41 Å². The average molecular weight is 339 g/mol. The van der Waals surface area contributed by atoms with Gasteiger partial charge in [-0.25, -0.2) is 0 Å². The number of aromatic nitrogens is 2. The third-order valence-electron chi connectivity index (χ3n) is 3.94. The number of nitrogens with zero attached hydrogens (tertiary/aromatic N) is 2. The summed E-state index contributed by atoms with van der Waals surface area (Å²) in [5.41, 5.74) is 6.11. The zero-order chi connectivity index (χ0) is 16.2. The standard InChI is InChI=1S/C15H19ClN4OS/c1-3-15(4-2,9-17)13(21)18-14-20-19-12(22-14)10-6-5-7-11(16)8-10/h5-8H,3-4,9,17H2,1-2H3,(H,18,20,21). The first-order valence-corrected chi connectivity index (χ1v) is 8.35. The van der Waals surface area contributed by atoms with Gasteiger partial charge in [0.2, 0.25) is 11.0 Å². The van der Waals surface area contributed by atoms with Crippen LogP contribution < -0.4 is 11.1 Å². The summed E-state index contributed by atoms with van der Waals surface area (Å²) in [4.78, 5) is 12.5. The van der Waals surface area contributed by atoms with Crippen LogP contribution in [-0.2, 0) is 4.79 Å². The molecule has 1 amide bonds. The molecule has 22 heavy (non-hydrogen) atoms. The van der Waals surface area contributed by atoms with Crippen molar-refractivity contribution in [3.63, 3.8) is 0 Å². The molecule has 118 valence electrons. The van der Waals surface area contributed by atoms with E-state index in [1.807, 2.05) is 32.0 Å². The van der Waals surface area contributed by atoms with Crippen LogP contribution in [0.4, 0.5) is 5.13 Å². The molecule has 0 aliphatic rings. The number of hydrogen-bond donors (Lipinski definition) is 2. The summed E-state index contributed by atoms with van der Waals surface area (Å²) in [5, 5.41) is 12.8. The Morgan fingerprint density at radius 3 is 2.68 bits per heavy atom. The van der Waals surface area contributed by atoms with Crippen LogP contribution in [0.25, 0.3) is 10.6 Å². The fourth-order valence-electron chi connectivity index (χ4n) is 2.19. The summed E-state index contributed by atoms with van der Waals surface area (Å²) in [7, 11) is 0. The number of benzene rings is 1. The minimum atomic E-state index is -0.554. The van der Waals surface area contributed by atoms with Crippen molar-refractivity contribution in [2.24, 2.45) is 11.1 Å². The van der Waals surface area contributed by atoms with Gasteiger partial charge in [-0.1, -0.05) is 48.9 Å². The second kappa shape index (κ2) is 7.17. The lowest BCUT2D eigenvalue weighted by molar-refractivity contribution is -0.125. The Labute approximate surface area is 138 Å². The van der Waals surface area contributed by atoms with E-state index in [9.17, 15) is 4.79 Å². The van der Waals surface area contributed by atoms with Gasteiger partial charge >= 0.3 is 0 Å². The lowest BCUT2D eigenvalue weighted by atomic mass is 9.81. The number of nitrogens with two attached hydrogens (primary N) is 1. The smallest absolute Gasteiger partial charge is 0.233 e. The van der Waals surface area contributed by atoms with Gasteiger partial charge in [0.1, 0.15) is 5.01 Å². The van der Waals surface area contributed by atoms with Crippen LogP contribution in [-0.4, -0.2) is 22.6 Å². The van der Waals surface area contributed by atoms with E-state index >= 15 is 0 Å². The summed E-state index contributed by atoms with van der Waals surface area (Å²) < 4.78 is 0. The van der Waals surface area contributed by atoms with E-state index in [1.54, 1.807) is 6.07 Å². The number of anilines is 1. The molecule has 0 atom stereocenters. The summed E-state index contributed by atoms with van der Waals surface area (Å²) in [5.74, 6) is -0.103. The first kappa shape index (κ1) is 16.9. The molecule has 0 saturated carbocycles. The maximum Gasteiger partial charge on any atom is 0.233 e. The summed E-state index contributed by atoms with van der Waals surface area (Å²) in [6, 6.07) is 7.37. The molecular formula is C15H19ClN4OS. The van der Waals surface area contributed by atoms with Crippen molar-refractivity contribution < 1.29 is 4.79 Å². The van der Waals surface area contributed by atoms with Gasteiger partial charge in [-0.15, -0.1) is 10.2 Å². The topological polar surface area (TPSA) is 80.9 Å². The molecule has 7 heteroatoms. The molecule has 0 aliphatic heterocycles. The van der Waals surface area contributed by atoms with Gasteiger partial charge in [0, 0.05) is 17.1 Å². The predicted molar refractivity (Wildman–Crippen MR) is 91.1 cm³/mol. The van der Waals surface area contributed by atoms with Gasteiger partial charge in [-0.05, 0) is 25.0 Å². The Hall–Kier alpha value is -1.50. The van der Waals surface area contributed by atoms with Crippen LogP contribution in [0.15, 0.2) is 24.3 Å². The van der Waals surface area contributed by atoms with Gasteiger partial charge < -0.3 is 5.73 Å². The van der Waals surface area contributed by atoms with Gasteiger partial charge in [0.05, 0.1) is 5.41 Å². The van der Waals surface area contributed by atoms with Crippen molar-refractivity contribution in [1.29, 1.82) is 0 Å². The third kappa shape index (κ3) is 3.45. The van der Waals surface area contributed by atoms with E-state index in [-0.39, 0.29) is 5.91 Å². The predicted octanol–water partition coefficient (Wildman–Crippen LogP) is 3.56. The molecule has 0 bridgehead atoms. The van der Waals surface area contributed by atoms with Crippen molar-refractivity contribution in [1.82, 2.24) is 10.2 Å². The summed E-state index contributed by atoms with van der Waals surface area (Å²) in [6.45, 7) is 4.24. The molecular weight excluding hydrogens is 320 g/mol. The van der Waals surface area contributed by atoms with Crippen molar-refractivity contribution in [3.05, 3.63) is 29.3 Å². The molecule has 0 radical (unpaired) electrons. The third-order valence-corrected chi connectivity index (χ3v) is 5.07.